The summed E-state index contributed by atoms with van der Waals surface area (Å²) in [4.78, 5) is 10.9. The zero-order valence-corrected chi connectivity index (χ0v) is 11.1. The fourth-order valence-electron chi connectivity index (χ4n) is 2.45. The molecule has 2 rings (SSSR count). The van der Waals surface area contributed by atoms with Gasteiger partial charge in [0.1, 0.15) is 0 Å². The van der Waals surface area contributed by atoms with E-state index in [1.165, 1.54) is 6.07 Å². The molecule has 0 spiro atoms. The molecule has 0 aliphatic heterocycles. The van der Waals surface area contributed by atoms with Gasteiger partial charge in [0, 0.05) is 5.92 Å². The van der Waals surface area contributed by atoms with Crippen LogP contribution < -0.4 is 0 Å². The number of hydrogen-bond donors (Lipinski definition) is 1. The molecular formula is C15H18F2O2. The molecular weight excluding hydrogens is 250 g/mol. The number of aliphatic carboxylic acids is 1. The fraction of sp³-hybridized carbons (Fsp3) is 0.533. The Hall–Kier alpha value is -1.45. The Balaban J connectivity index is 2.42. The van der Waals surface area contributed by atoms with Crippen molar-refractivity contribution in [2.75, 3.05) is 0 Å². The lowest BCUT2D eigenvalue weighted by Crippen LogP contribution is -2.12. The van der Waals surface area contributed by atoms with E-state index in [4.69, 9.17) is 5.11 Å². The molecule has 0 saturated heterocycles. The third-order valence-electron chi connectivity index (χ3n) is 3.73. The number of rotatable bonds is 5. The van der Waals surface area contributed by atoms with Crippen molar-refractivity contribution in [2.45, 2.75) is 44.9 Å². The summed E-state index contributed by atoms with van der Waals surface area (Å²) in [5.74, 6) is -2.89. The van der Waals surface area contributed by atoms with Gasteiger partial charge in [0.2, 0.25) is 0 Å². The monoisotopic (exact) mass is 268 g/mol. The van der Waals surface area contributed by atoms with Crippen LogP contribution in [0.3, 0.4) is 0 Å². The molecule has 0 amide bonds. The van der Waals surface area contributed by atoms with Gasteiger partial charge in [-0.2, -0.15) is 0 Å². The molecule has 1 fully saturated rings. The molecule has 1 N–H and O–H groups in total. The lowest BCUT2D eigenvalue weighted by atomic mass is 9.87. The summed E-state index contributed by atoms with van der Waals surface area (Å²) in [6.07, 6.45) is 1.65. The summed E-state index contributed by atoms with van der Waals surface area (Å²) in [5.41, 5.74) is 0.943. The Bertz CT molecular complexity index is 493. The molecule has 19 heavy (non-hydrogen) atoms. The Morgan fingerprint density at radius 1 is 1.37 bits per heavy atom. The van der Waals surface area contributed by atoms with E-state index in [9.17, 15) is 13.6 Å². The van der Waals surface area contributed by atoms with Crippen LogP contribution in [0.5, 0.6) is 0 Å². The molecule has 1 aromatic rings. The van der Waals surface area contributed by atoms with Gasteiger partial charge in [-0.1, -0.05) is 19.9 Å². The van der Waals surface area contributed by atoms with Crippen LogP contribution in [0.1, 0.15) is 56.1 Å². The van der Waals surface area contributed by atoms with E-state index in [0.717, 1.165) is 12.8 Å². The second-order valence-corrected chi connectivity index (χ2v) is 5.60. The number of benzene rings is 1. The Labute approximate surface area is 111 Å². The summed E-state index contributed by atoms with van der Waals surface area (Å²) in [6, 6.07) is 2.84. The van der Waals surface area contributed by atoms with E-state index >= 15 is 0 Å². The molecule has 0 radical (unpaired) electrons. The van der Waals surface area contributed by atoms with Crippen LogP contribution in [-0.2, 0) is 4.79 Å². The van der Waals surface area contributed by atoms with Gasteiger partial charge in [0.05, 0.1) is 6.42 Å². The van der Waals surface area contributed by atoms with E-state index < -0.39 is 23.5 Å². The van der Waals surface area contributed by atoms with Crippen molar-refractivity contribution >= 4 is 5.97 Å². The Kier molecular flexibility index (Phi) is 3.88. The highest BCUT2D eigenvalue weighted by atomic mass is 19.2. The van der Waals surface area contributed by atoms with E-state index in [2.05, 4.69) is 0 Å². The molecule has 0 heterocycles. The molecule has 1 unspecified atom stereocenters. The van der Waals surface area contributed by atoms with Crippen molar-refractivity contribution in [1.82, 2.24) is 0 Å². The molecule has 0 aromatic heterocycles. The summed E-state index contributed by atoms with van der Waals surface area (Å²) in [6.45, 7) is 3.81. The minimum atomic E-state index is -0.966. The smallest absolute Gasteiger partial charge is 0.303 e. The quantitative estimate of drug-likeness (QED) is 0.874. The number of halogens is 2. The lowest BCUT2D eigenvalue weighted by molar-refractivity contribution is -0.137. The average molecular weight is 268 g/mol. The summed E-state index contributed by atoms with van der Waals surface area (Å²) >= 11 is 0. The van der Waals surface area contributed by atoms with E-state index in [1.54, 1.807) is 6.07 Å². The maximum absolute atomic E-state index is 14.0. The molecule has 2 nitrogen and oxygen atoms in total. The van der Waals surface area contributed by atoms with Crippen LogP contribution in [0, 0.1) is 17.6 Å². The predicted octanol–water partition coefficient (Wildman–Crippen LogP) is 4.06. The number of hydrogen-bond acceptors (Lipinski definition) is 1. The average Bonchev–Trinajstić information content (AvgIpc) is 3.13. The van der Waals surface area contributed by atoms with Crippen LogP contribution in [0.25, 0.3) is 0 Å². The minimum Gasteiger partial charge on any atom is -0.481 e. The number of carbonyl (C=O) groups is 1. The number of carboxylic acids is 1. The molecule has 1 saturated carbocycles. The molecule has 4 heteroatoms. The zero-order valence-electron chi connectivity index (χ0n) is 11.1. The molecule has 104 valence electrons. The maximum Gasteiger partial charge on any atom is 0.303 e. The molecule has 1 atom stereocenters. The minimum absolute atomic E-state index is 0.0820. The highest BCUT2D eigenvalue weighted by Gasteiger charge is 2.36. The van der Waals surface area contributed by atoms with Crippen molar-refractivity contribution in [3.8, 4) is 0 Å². The Morgan fingerprint density at radius 3 is 2.47 bits per heavy atom. The van der Waals surface area contributed by atoms with Gasteiger partial charge in [-0.15, -0.1) is 0 Å². The van der Waals surface area contributed by atoms with Gasteiger partial charge in [-0.25, -0.2) is 8.78 Å². The summed E-state index contributed by atoms with van der Waals surface area (Å²) < 4.78 is 27.6. The second kappa shape index (κ2) is 5.27. The van der Waals surface area contributed by atoms with E-state index in [1.807, 2.05) is 13.8 Å². The molecule has 1 aliphatic carbocycles. The van der Waals surface area contributed by atoms with Gasteiger partial charge < -0.3 is 5.11 Å². The second-order valence-electron chi connectivity index (χ2n) is 5.60. The van der Waals surface area contributed by atoms with Crippen molar-refractivity contribution < 1.29 is 18.7 Å². The first-order valence-corrected chi connectivity index (χ1v) is 6.60. The van der Waals surface area contributed by atoms with Crippen LogP contribution in [0.15, 0.2) is 12.1 Å². The summed E-state index contributed by atoms with van der Waals surface area (Å²) in [5, 5.41) is 8.94. The first-order chi connectivity index (χ1) is 8.90. The topological polar surface area (TPSA) is 37.3 Å². The normalized spacial score (nSPS) is 16.7. The van der Waals surface area contributed by atoms with Crippen LogP contribution in [0.2, 0.25) is 0 Å². The van der Waals surface area contributed by atoms with Crippen LogP contribution in [0.4, 0.5) is 8.78 Å². The van der Waals surface area contributed by atoms with Crippen LogP contribution in [-0.4, -0.2) is 11.1 Å². The Morgan fingerprint density at radius 2 is 2.00 bits per heavy atom. The summed E-state index contributed by atoms with van der Waals surface area (Å²) in [7, 11) is 0. The van der Waals surface area contributed by atoms with Gasteiger partial charge >= 0.3 is 5.97 Å². The van der Waals surface area contributed by atoms with Crippen molar-refractivity contribution in [3.63, 3.8) is 0 Å². The van der Waals surface area contributed by atoms with Crippen LogP contribution >= 0.6 is 0 Å². The van der Waals surface area contributed by atoms with Gasteiger partial charge in [-0.05, 0) is 41.9 Å². The van der Waals surface area contributed by atoms with Gasteiger partial charge in [0.25, 0.3) is 0 Å². The molecule has 1 aromatic carbocycles. The van der Waals surface area contributed by atoms with Crippen molar-refractivity contribution in [2.24, 2.45) is 5.92 Å². The predicted molar refractivity (Wildman–Crippen MR) is 68.2 cm³/mol. The van der Waals surface area contributed by atoms with Crippen molar-refractivity contribution in [3.05, 3.63) is 34.9 Å². The first-order valence-electron chi connectivity index (χ1n) is 6.60. The van der Waals surface area contributed by atoms with Crippen molar-refractivity contribution in [1.29, 1.82) is 0 Å². The molecule has 1 aliphatic rings. The van der Waals surface area contributed by atoms with E-state index in [-0.39, 0.29) is 23.8 Å². The standard InChI is InChI=1S/C15H18F2O2/c1-8(2)10-5-12(15(17)13(16)6-10)11(7-14(18)19)9-3-4-9/h5-6,8-9,11H,3-4,7H2,1-2H3,(H,18,19). The highest BCUT2D eigenvalue weighted by Crippen LogP contribution is 2.45. The van der Waals surface area contributed by atoms with Gasteiger partial charge in [-0.3, -0.25) is 4.79 Å². The van der Waals surface area contributed by atoms with Gasteiger partial charge in [0.15, 0.2) is 11.6 Å². The highest BCUT2D eigenvalue weighted by molar-refractivity contribution is 5.68. The SMILES string of the molecule is CC(C)c1cc(F)c(F)c(C(CC(=O)O)C2CC2)c1. The lowest BCUT2D eigenvalue weighted by Gasteiger charge is -2.18. The van der Waals surface area contributed by atoms with E-state index in [0.29, 0.717) is 5.56 Å². The zero-order chi connectivity index (χ0) is 14.2. The number of carboxylic acid groups (broad SMARTS) is 1. The fourth-order valence-corrected chi connectivity index (χ4v) is 2.45. The maximum atomic E-state index is 14.0. The third-order valence-corrected chi connectivity index (χ3v) is 3.73. The third kappa shape index (κ3) is 3.11. The largest absolute Gasteiger partial charge is 0.481 e. The first kappa shape index (κ1) is 14.0. The molecule has 0 bridgehead atoms.